The third kappa shape index (κ3) is 5.67. The molecule has 1 aliphatic rings. The van der Waals surface area contributed by atoms with Crippen molar-refractivity contribution in [2.24, 2.45) is 5.92 Å². The number of nitrogens with one attached hydrogen (secondary N) is 1. The number of benzene rings is 2. The Morgan fingerprint density at radius 3 is 2.35 bits per heavy atom. The highest BCUT2D eigenvalue weighted by Crippen LogP contribution is 2.26. The molecule has 0 atom stereocenters. The molecule has 10 nitrogen and oxygen atoms in total. The molecule has 34 heavy (non-hydrogen) atoms. The van der Waals surface area contributed by atoms with Crippen LogP contribution in [-0.2, 0) is 27.8 Å². The van der Waals surface area contributed by atoms with Gasteiger partial charge in [-0.05, 0) is 59.9 Å². The lowest BCUT2D eigenvalue weighted by atomic mass is 9.91. The second-order valence-corrected chi connectivity index (χ2v) is 10.2. The molecule has 1 saturated heterocycles. The van der Waals surface area contributed by atoms with Crippen molar-refractivity contribution in [2.45, 2.75) is 30.7 Å². The number of aromatic nitrogens is 2. The minimum Gasteiger partial charge on any atom is -0.358 e. The smallest absolute Gasteiger partial charge is 0.358 e. The molecule has 0 bridgehead atoms. The number of hydrogen-bond acceptors (Lipinski definition) is 6. The van der Waals surface area contributed by atoms with Gasteiger partial charge in [-0.2, -0.15) is 8.99 Å². The van der Waals surface area contributed by atoms with E-state index in [1.807, 2.05) is 18.2 Å². The molecule has 1 aliphatic heterocycles. The Balaban J connectivity index is 1.31. The molecule has 1 aromatic heterocycles. The highest BCUT2D eigenvalue weighted by atomic mass is 32.2. The van der Waals surface area contributed by atoms with Gasteiger partial charge in [-0.1, -0.05) is 30.3 Å². The van der Waals surface area contributed by atoms with Crippen LogP contribution in [-0.4, -0.2) is 46.4 Å². The fourth-order valence-electron chi connectivity index (χ4n) is 4.04. The molecule has 2 heterocycles. The predicted molar refractivity (Wildman–Crippen MR) is 126 cm³/mol. The number of anilines is 1. The molecule has 4 rings (SSSR count). The van der Waals surface area contributed by atoms with Gasteiger partial charge in [0.2, 0.25) is 15.9 Å². The molecule has 0 unspecified atom stereocenters. The van der Waals surface area contributed by atoms with E-state index in [-0.39, 0.29) is 17.3 Å². The van der Waals surface area contributed by atoms with Crippen molar-refractivity contribution in [1.29, 1.82) is 0 Å². The summed E-state index contributed by atoms with van der Waals surface area (Å²) in [6, 6.07) is 17.4. The van der Waals surface area contributed by atoms with Gasteiger partial charge < -0.3 is 15.4 Å². The third-order valence-corrected chi connectivity index (χ3v) is 7.75. The number of piperidine rings is 1. The number of sulfonamides is 1. The topological polar surface area (TPSA) is 127 Å². The fourth-order valence-corrected chi connectivity index (χ4v) is 5.51. The standard InChI is InChI=1S/C23H25N5O5S/c29-23(17-26-13-12-22(25-26)28(30)31)24-20-6-8-21(9-7-20)34(32,33)27-14-10-19(11-15-27)16-18-4-2-1-3-5-18/h1-9,12-13,19H,10-11,14-17H2,(H,24,29). The van der Waals surface area contributed by atoms with E-state index >= 15 is 0 Å². The van der Waals surface area contributed by atoms with Crippen LogP contribution in [0.2, 0.25) is 0 Å². The molecule has 178 valence electrons. The first kappa shape index (κ1) is 23.6. The van der Waals surface area contributed by atoms with E-state index in [4.69, 9.17) is 0 Å². The SMILES string of the molecule is O=C(Cn1ccc([N+](=O)[O-])n1)Nc1ccc(S(=O)(=O)N2CCC(Cc3ccccc3)CC2)cc1. The molecule has 0 aliphatic carbocycles. The Kier molecular flexibility index (Phi) is 7.03. The first-order chi connectivity index (χ1) is 16.3. The molecule has 2 aromatic carbocycles. The lowest BCUT2D eigenvalue weighted by molar-refractivity contribution is -0.389. The number of nitrogens with zero attached hydrogens (tertiary/aromatic N) is 4. The van der Waals surface area contributed by atoms with Gasteiger partial charge in [-0.25, -0.2) is 8.42 Å². The van der Waals surface area contributed by atoms with Crippen LogP contribution in [0.5, 0.6) is 0 Å². The molecular weight excluding hydrogens is 458 g/mol. The van der Waals surface area contributed by atoms with E-state index in [0.29, 0.717) is 24.7 Å². The average molecular weight is 484 g/mol. The highest BCUT2D eigenvalue weighted by Gasteiger charge is 2.29. The highest BCUT2D eigenvalue weighted by molar-refractivity contribution is 7.89. The zero-order chi connectivity index (χ0) is 24.1. The van der Waals surface area contributed by atoms with E-state index in [0.717, 1.165) is 23.9 Å². The normalized spacial score (nSPS) is 15.2. The predicted octanol–water partition coefficient (Wildman–Crippen LogP) is 3.07. The van der Waals surface area contributed by atoms with Gasteiger partial charge in [-0.15, -0.1) is 0 Å². The lowest BCUT2D eigenvalue weighted by Gasteiger charge is -2.31. The molecule has 1 N–H and O–H groups in total. The minimum atomic E-state index is -3.61. The van der Waals surface area contributed by atoms with E-state index in [1.165, 1.54) is 46.4 Å². The second-order valence-electron chi connectivity index (χ2n) is 8.24. The van der Waals surface area contributed by atoms with Gasteiger partial charge in [-0.3, -0.25) is 4.79 Å². The first-order valence-electron chi connectivity index (χ1n) is 10.9. The molecule has 0 spiro atoms. The monoisotopic (exact) mass is 483 g/mol. The lowest BCUT2D eigenvalue weighted by Crippen LogP contribution is -2.38. The van der Waals surface area contributed by atoms with Gasteiger partial charge in [0.15, 0.2) is 0 Å². The zero-order valence-electron chi connectivity index (χ0n) is 18.4. The number of carbonyl (C=O) groups excluding carboxylic acids is 1. The summed E-state index contributed by atoms with van der Waals surface area (Å²) in [5.74, 6) is -0.316. The molecule has 0 saturated carbocycles. The zero-order valence-corrected chi connectivity index (χ0v) is 19.2. The summed E-state index contributed by atoms with van der Waals surface area (Å²) in [6.45, 7) is 0.758. The first-order valence-corrected chi connectivity index (χ1v) is 12.4. The van der Waals surface area contributed by atoms with Crippen molar-refractivity contribution in [3.05, 3.63) is 82.5 Å². The van der Waals surface area contributed by atoms with E-state index in [9.17, 15) is 23.3 Å². The maximum absolute atomic E-state index is 13.1. The molecular formula is C23H25N5O5S. The van der Waals surface area contributed by atoms with E-state index in [2.05, 4.69) is 22.5 Å². The number of rotatable bonds is 8. The summed E-state index contributed by atoms with van der Waals surface area (Å²) in [6.07, 6.45) is 3.92. The number of carbonyl (C=O) groups is 1. The number of amides is 1. The molecule has 1 amide bonds. The van der Waals surface area contributed by atoms with Crippen molar-refractivity contribution < 1.29 is 18.1 Å². The van der Waals surface area contributed by atoms with Crippen LogP contribution < -0.4 is 5.32 Å². The van der Waals surface area contributed by atoms with Gasteiger partial charge in [0.25, 0.3) is 0 Å². The maximum atomic E-state index is 13.1. The fraction of sp³-hybridized carbons (Fsp3) is 0.304. The van der Waals surface area contributed by atoms with Crippen molar-refractivity contribution in [1.82, 2.24) is 14.1 Å². The van der Waals surface area contributed by atoms with Crippen molar-refractivity contribution in [2.75, 3.05) is 18.4 Å². The Morgan fingerprint density at radius 2 is 1.74 bits per heavy atom. The largest absolute Gasteiger partial charge is 0.389 e. The maximum Gasteiger partial charge on any atom is 0.389 e. The quantitative estimate of drug-likeness (QED) is 0.387. The van der Waals surface area contributed by atoms with Crippen LogP contribution in [0.15, 0.2) is 71.8 Å². The third-order valence-electron chi connectivity index (χ3n) is 5.84. The van der Waals surface area contributed by atoms with Crippen molar-refractivity contribution in [3.63, 3.8) is 0 Å². The van der Waals surface area contributed by atoms with Crippen LogP contribution >= 0.6 is 0 Å². The van der Waals surface area contributed by atoms with Gasteiger partial charge >= 0.3 is 5.82 Å². The van der Waals surface area contributed by atoms with Crippen LogP contribution in [0.3, 0.4) is 0 Å². The van der Waals surface area contributed by atoms with E-state index in [1.54, 1.807) is 0 Å². The number of hydrogen-bond donors (Lipinski definition) is 1. The Bertz CT molecular complexity index is 1250. The molecule has 3 aromatic rings. The van der Waals surface area contributed by atoms with Crippen molar-refractivity contribution >= 4 is 27.4 Å². The van der Waals surface area contributed by atoms with Gasteiger partial charge in [0.1, 0.15) is 6.54 Å². The van der Waals surface area contributed by atoms with Crippen LogP contribution in [0, 0.1) is 16.0 Å². The molecule has 1 fully saturated rings. The summed E-state index contributed by atoms with van der Waals surface area (Å²) in [5.41, 5.74) is 1.69. The Hall–Kier alpha value is -3.57. The Morgan fingerprint density at radius 1 is 1.06 bits per heavy atom. The van der Waals surface area contributed by atoms with Gasteiger partial charge in [0, 0.05) is 18.8 Å². The minimum absolute atomic E-state index is 0.176. The van der Waals surface area contributed by atoms with Crippen LogP contribution in [0.1, 0.15) is 18.4 Å². The number of nitro groups is 1. The summed E-state index contributed by atoms with van der Waals surface area (Å²) in [4.78, 5) is 22.4. The van der Waals surface area contributed by atoms with Crippen LogP contribution in [0.4, 0.5) is 11.5 Å². The molecule has 0 radical (unpaired) electrons. The van der Waals surface area contributed by atoms with Gasteiger partial charge in [0.05, 0.1) is 22.3 Å². The van der Waals surface area contributed by atoms with E-state index < -0.39 is 20.9 Å². The summed E-state index contributed by atoms with van der Waals surface area (Å²) in [7, 11) is -3.61. The Labute approximate surface area is 197 Å². The van der Waals surface area contributed by atoms with Crippen molar-refractivity contribution in [3.8, 4) is 0 Å². The average Bonchev–Trinajstić information content (AvgIpc) is 3.29. The summed E-state index contributed by atoms with van der Waals surface area (Å²) < 4.78 is 28.8. The molecule has 11 heteroatoms. The second kappa shape index (κ2) is 10.1. The summed E-state index contributed by atoms with van der Waals surface area (Å²) >= 11 is 0. The van der Waals surface area contributed by atoms with Crippen LogP contribution in [0.25, 0.3) is 0 Å². The summed E-state index contributed by atoms with van der Waals surface area (Å²) in [5, 5.41) is 17.0.